The van der Waals surface area contributed by atoms with Gasteiger partial charge in [0.15, 0.2) is 5.75 Å². The van der Waals surface area contributed by atoms with E-state index in [1.54, 1.807) is 18.2 Å². The fourth-order valence-electron chi connectivity index (χ4n) is 1.71. The number of alkyl halides is 1. The highest BCUT2D eigenvalue weighted by atomic mass is 79.9. The molecule has 0 unspecified atom stereocenters. The van der Waals surface area contributed by atoms with Crippen LogP contribution in [0.15, 0.2) is 40.9 Å². The largest absolute Gasteiger partial charge is 0.482 e. The summed E-state index contributed by atoms with van der Waals surface area (Å²) < 4.78 is 19.6. The summed E-state index contributed by atoms with van der Waals surface area (Å²) in [6.07, 6.45) is 0. The molecule has 2 aromatic rings. The molecule has 0 radical (unpaired) electrons. The molecule has 0 fully saturated rings. The average molecular weight is 375 g/mol. The molecule has 4 nitrogen and oxygen atoms in total. The van der Waals surface area contributed by atoms with Crippen LogP contribution in [0.25, 0.3) is 0 Å². The number of benzene rings is 2. The minimum Gasteiger partial charge on any atom is -0.482 e. The van der Waals surface area contributed by atoms with Gasteiger partial charge in [-0.1, -0.05) is 28.1 Å². The lowest BCUT2D eigenvalue weighted by Crippen LogP contribution is -2.01. The number of nitro benzene ring substituents is 1. The molecule has 110 valence electrons. The Kier molecular flexibility index (Phi) is 5.14. The first kappa shape index (κ1) is 15.7. The molecule has 7 heteroatoms. The van der Waals surface area contributed by atoms with E-state index in [2.05, 4.69) is 15.9 Å². The molecule has 0 amide bonds. The minimum absolute atomic E-state index is 0.0798. The van der Waals surface area contributed by atoms with Crippen LogP contribution in [0.2, 0.25) is 0 Å². The summed E-state index contributed by atoms with van der Waals surface area (Å²) in [5.74, 6) is -0.191. The van der Waals surface area contributed by atoms with Crippen molar-refractivity contribution in [3.05, 3.63) is 67.9 Å². The molecule has 0 aliphatic rings. The molecule has 0 saturated carbocycles. The maximum atomic E-state index is 13.7. The zero-order chi connectivity index (χ0) is 15.4. The van der Waals surface area contributed by atoms with E-state index in [1.165, 1.54) is 18.2 Å². The first-order valence-electron chi connectivity index (χ1n) is 5.91. The van der Waals surface area contributed by atoms with Crippen LogP contribution in [0.5, 0.6) is 5.75 Å². The van der Waals surface area contributed by atoms with E-state index in [9.17, 15) is 14.5 Å². The van der Waals surface area contributed by atoms with Gasteiger partial charge >= 0.3 is 5.69 Å². The highest BCUT2D eigenvalue weighted by Crippen LogP contribution is 2.29. The zero-order valence-electron chi connectivity index (χ0n) is 10.7. The van der Waals surface area contributed by atoms with Crippen LogP contribution in [-0.4, -0.2) is 4.92 Å². The second-order valence-electron chi connectivity index (χ2n) is 4.22. The van der Waals surface area contributed by atoms with Crippen LogP contribution in [-0.2, 0) is 12.5 Å². The predicted molar refractivity (Wildman–Crippen MR) is 81.1 cm³/mol. The highest BCUT2D eigenvalue weighted by molar-refractivity contribution is 9.10. The maximum absolute atomic E-state index is 13.7. The van der Waals surface area contributed by atoms with E-state index >= 15 is 0 Å². The van der Waals surface area contributed by atoms with Crippen molar-refractivity contribution < 1.29 is 14.1 Å². The predicted octanol–water partition coefficient (Wildman–Crippen LogP) is 4.81. The smallest absolute Gasteiger partial charge is 0.311 e. The Balaban J connectivity index is 2.21. The summed E-state index contributed by atoms with van der Waals surface area (Å²) in [7, 11) is 0. The van der Waals surface area contributed by atoms with Crippen LogP contribution in [0.3, 0.4) is 0 Å². The Bertz CT molecular complexity index is 681. The fraction of sp³-hybridized carbons (Fsp3) is 0.143. The van der Waals surface area contributed by atoms with Gasteiger partial charge in [0.2, 0.25) is 0 Å². The third kappa shape index (κ3) is 3.92. The van der Waals surface area contributed by atoms with Crippen molar-refractivity contribution in [2.24, 2.45) is 0 Å². The van der Waals surface area contributed by atoms with Gasteiger partial charge in [0.1, 0.15) is 12.4 Å². The molecule has 21 heavy (non-hydrogen) atoms. The lowest BCUT2D eigenvalue weighted by molar-refractivity contribution is -0.386. The molecule has 0 aliphatic carbocycles. The standard InChI is InChI=1S/C14H10BrClFNO3/c15-11-3-2-10(12(17)6-11)8-21-14-4-1-9(7-16)5-13(14)18(19)20/h1-6H,7-8H2. The lowest BCUT2D eigenvalue weighted by atomic mass is 10.2. The molecule has 0 atom stereocenters. The van der Waals surface area contributed by atoms with E-state index in [-0.39, 0.29) is 23.9 Å². The lowest BCUT2D eigenvalue weighted by Gasteiger charge is -2.08. The fourth-order valence-corrected chi connectivity index (χ4v) is 2.20. The normalized spacial score (nSPS) is 10.4. The van der Waals surface area contributed by atoms with Gasteiger partial charge in [-0.25, -0.2) is 4.39 Å². The van der Waals surface area contributed by atoms with E-state index in [0.717, 1.165) is 0 Å². The first-order chi connectivity index (χ1) is 10.0. The zero-order valence-corrected chi connectivity index (χ0v) is 13.0. The summed E-state index contributed by atoms with van der Waals surface area (Å²) >= 11 is 8.80. The SMILES string of the molecule is O=[N+]([O-])c1cc(CCl)ccc1OCc1ccc(Br)cc1F. The molecular formula is C14H10BrClFNO3. The topological polar surface area (TPSA) is 52.4 Å². The van der Waals surface area contributed by atoms with Gasteiger partial charge in [0, 0.05) is 22.0 Å². The molecule has 0 spiro atoms. The summed E-state index contributed by atoms with van der Waals surface area (Å²) in [5.41, 5.74) is 0.741. The Labute approximate surface area is 133 Å². The minimum atomic E-state index is -0.552. The van der Waals surface area contributed by atoms with Crippen molar-refractivity contribution in [3.63, 3.8) is 0 Å². The van der Waals surface area contributed by atoms with Crippen molar-refractivity contribution >= 4 is 33.2 Å². The van der Waals surface area contributed by atoms with Gasteiger partial charge in [0.25, 0.3) is 0 Å². The van der Waals surface area contributed by atoms with Crippen LogP contribution in [0.1, 0.15) is 11.1 Å². The molecule has 0 bridgehead atoms. The third-order valence-electron chi connectivity index (χ3n) is 2.77. The Morgan fingerprint density at radius 1 is 1.29 bits per heavy atom. The number of ether oxygens (including phenoxy) is 1. The number of nitro groups is 1. The molecule has 2 rings (SSSR count). The molecular weight excluding hydrogens is 365 g/mol. The van der Waals surface area contributed by atoms with Gasteiger partial charge < -0.3 is 4.74 Å². The summed E-state index contributed by atoms with van der Waals surface area (Å²) in [4.78, 5) is 10.5. The van der Waals surface area contributed by atoms with Gasteiger partial charge in [-0.2, -0.15) is 0 Å². The Hall–Kier alpha value is -1.66. The molecule has 0 N–H and O–H groups in total. The molecule has 0 aromatic heterocycles. The van der Waals surface area contributed by atoms with E-state index < -0.39 is 10.7 Å². The van der Waals surface area contributed by atoms with Gasteiger partial charge in [-0.15, -0.1) is 11.6 Å². The van der Waals surface area contributed by atoms with Crippen molar-refractivity contribution in [2.45, 2.75) is 12.5 Å². The number of hydrogen-bond acceptors (Lipinski definition) is 3. The first-order valence-corrected chi connectivity index (χ1v) is 7.24. The number of nitrogens with zero attached hydrogens (tertiary/aromatic N) is 1. The van der Waals surface area contributed by atoms with E-state index in [1.807, 2.05) is 0 Å². The monoisotopic (exact) mass is 373 g/mol. The van der Waals surface area contributed by atoms with Crippen molar-refractivity contribution in [3.8, 4) is 5.75 Å². The summed E-state index contributed by atoms with van der Waals surface area (Å²) in [5, 5.41) is 11.0. The number of halogens is 3. The highest BCUT2D eigenvalue weighted by Gasteiger charge is 2.16. The molecule has 0 saturated heterocycles. The Morgan fingerprint density at radius 2 is 2.05 bits per heavy atom. The molecule has 0 aliphatic heterocycles. The van der Waals surface area contributed by atoms with Crippen LogP contribution >= 0.6 is 27.5 Å². The second-order valence-corrected chi connectivity index (χ2v) is 5.40. The van der Waals surface area contributed by atoms with Crippen LogP contribution in [0.4, 0.5) is 10.1 Å². The maximum Gasteiger partial charge on any atom is 0.311 e. The van der Waals surface area contributed by atoms with Crippen LogP contribution in [0, 0.1) is 15.9 Å². The average Bonchev–Trinajstić information content (AvgIpc) is 2.46. The molecule has 2 aromatic carbocycles. The van der Waals surface area contributed by atoms with Crippen LogP contribution < -0.4 is 4.74 Å². The summed E-state index contributed by atoms with van der Waals surface area (Å²) in [6, 6.07) is 8.98. The van der Waals surface area contributed by atoms with Gasteiger partial charge in [-0.05, 0) is 23.8 Å². The van der Waals surface area contributed by atoms with Crippen molar-refractivity contribution in [1.29, 1.82) is 0 Å². The van der Waals surface area contributed by atoms with Gasteiger partial charge in [0.05, 0.1) is 4.92 Å². The van der Waals surface area contributed by atoms with Gasteiger partial charge in [-0.3, -0.25) is 10.1 Å². The second kappa shape index (κ2) is 6.87. The molecule has 0 heterocycles. The number of hydrogen-bond donors (Lipinski definition) is 0. The van der Waals surface area contributed by atoms with Crippen molar-refractivity contribution in [1.82, 2.24) is 0 Å². The third-order valence-corrected chi connectivity index (χ3v) is 3.57. The Morgan fingerprint density at radius 3 is 2.67 bits per heavy atom. The summed E-state index contributed by atoms with van der Waals surface area (Å²) in [6.45, 7) is -0.0970. The van der Waals surface area contributed by atoms with E-state index in [4.69, 9.17) is 16.3 Å². The van der Waals surface area contributed by atoms with Crippen molar-refractivity contribution in [2.75, 3.05) is 0 Å². The quantitative estimate of drug-likeness (QED) is 0.428. The number of rotatable bonds is 5. The van der Waals surface area contributed by atoms with E-state index in [0.29, 0.717) is 15.6 Å².